The number of hydrogen-bond donors (Lipinski definition) is 4. The van der Waals surface area contributed by atoms with Gasteiger partial charge in [0.25, 0.3) is 0 Å². The average molecular weight is 442 g/mol. The van der Waals surface area contributed by atoms with Crippen LogP contribution in [0.4, 0.5) is 0 Å². The van der Waals surface area contributed by atoms with Crippen molar-refractivity contribution in [3.8, 4) is 5.69 Å². The molecule has 0 bridgehead atoms. The number of H-pyrrole nitrogens is 1. The minimum atomic E-state index is -0.301. The Morgan fingerprint density at radius 2 is 1.75 bits per heavy atom. The number of benzene rings is 1. The van der Waals surface area contributed by atoms with E-state index in [4.69, 9.17) is 11.5 Å². The minimum Gasteiger partial charge on any atom is -0.370 e. The summed E-state index contributed by atoms with van der Waals surface area (Å²) in [5, 5.41) is 4.25. The lowest BCUT2D eigenvalue weighted by Crippen LogP contribution is -2.23. The summed E-state index contributed by atoms with van der Waals surface area (Å²) in [4.78, 5) is 23.3. The maximum absolute atomic E-state index is 12.2. The predicted octanol–water partition coefficient (Wildman–Crippen LogP) is 3.61. The Morgan fingerprint density at radius 3 is 2.34 bits per heavy atom. The Bertz CT molecular complexity index is 997. The zero-order valence-corrected chi connectivity index (χ0v) is 20.1. The molecule has 3 rings (SSSR count). The number of nitrogens with two attached hydrogens (primary N) is 2. The van der Waals surface area contributed by atoms with Gasteiger partial charge in [0.2, 0.25) is 0 Å². The molecule has 0 fully saturated rings. The van der Waals surface area contributed by atoms with Gasteiger partial charge >= 0.3 is 5.69 Å². The first-order chi connectivity index (χ1) is 15.4. The Hall–Kier alpha value is -3.13. The Morgan fingerprint density at radius 1 is 1.12 bits per heavy atom. The lowest BCUT2D eigenvalue weighted by atomic mass is 10.2. The molecule has 0 radical (unpaired) electrons. The van der Waals surface area contributed by atoms with Gasteiger partial charge in [0.1, 0.15) is 5.65 Å². The van der Waals surface area contributed by atoms with Crippen LogP contribution < -0.4 is 22.5 Å². The van der Waals surface area contributed by atoms with E-state index in [0.717, 1.165) is 41.8 Å². The lowest BCUT2D eigenvalue weighted by Gasteiger charge is -2.08. The summed E-state index contributed by atoms with van der Waals surface area (Å²) in [6.07, 6.45) is 5.18. The van der Waals surface area contributed by atoms with Gasteiger partial charge in [-0.25, -0.2) is 4.79 Å². The molecule has 3 aromatic rings. The average Bonchev–Trinajstić information content (AvgIpc) is 3.10. The topological polar surface area (TPSA) is 127 Å². The Labute approximate surface area is 191 Å². The van der Waals surface area contributed by atoms with Crippen LogP contribution in [0.1, 0.15) is 58.2 Å². The SMILES string of the molecule is CCC.CCC.Cc1cc2cn(-c3ccc(CNCCCN=C(N)N)cc3)c(=O)nc2[nH]1. The van der Waals surface area contributed by atoms with Crippen molar-refractivity contribution >= 4 is 17.0 Å². The molecule has 176 valence electrons. The van der Waals surface area contributed by atoms with Crippen molar-refractivity contribution in [2.75, 3.05) is 13.1 Å². The Balaban J connectivity index is 0.000000769. The molecule has 0 spiro atoms. The number of nitrogens with one attached hydrogen (secondary N) is 2. The van der Waals surface area contributed by atoms with E-state index in [1.165, 1.54) is 12.8 Å². The molecule has 0 saturated carbocycles. The van der Waals surface area contributed by atoms with Crippen LogP contribution in [0.25, 0.3) is 16.7 Å². The van der Waals surface area contributed by atoms with Crippen LogP contribution in [0.3, 0.4) is 0 Å². The van der Waals surface area contributed by atoms with Crippen LogP contribution in [0.5, 0.6) is 0 Å². The molecular weight excluding hydrogens is 402 g/mol. The quantitative estimate of drug-likeness (QED) is 0.253. The van der Waals surface area contributed by atoms with Gasteiger partial charge in [-0.3, -0.25) is 9.56 Å². The fourth-order valence-electron chi connectivity index (χ4n) is 2.74. The molecule has 0 atom stereocenters. The number of guanidine groups is 1. The van der Waals surface area contributed by atoms with E-state index in [1.54, 1.807) is 4.57 Å². The second kappa shape index (κ2) is 14.8. The normalized spacial score (nSPS) is 10.0. The Kier molecular flexibility index (Phi) is 12.4. The molecule has 0 saturated heterocycles. The lowest BCUT2D eigenvalue weighted by molar-refractivity contribution is 0.655. The third kappa shape index (κ3) is 9.34. The molecule has 1 aromatic carbocycles. The van der Waals surface area contributed by atoms with E-state index in [9.17, 15) is 4.79 Å². The molecule has 2 aromatic heterocycles. The summed E-state index contributed by atoms with van der Waals surface area (Å²) < 4.78 is 1.56. The second-order valence-electron chi connectivity index (χ2n) is 7.57. The highest BCUT2D eigenvalue weighted by atomic mass is 16.1. The van der Waals surface area contributed by atoms with Crippen molar-refractivity contribution in [3.05, 3.63) is 58.3 Å². The fraction of sp³-hybridized carbons (Fsp3) is 0.458. The molecule has 2 heterocycles. The molecule has 0 aliphatic rings. The van der Waals surface area contributed by atoms with Crippen LogP contribution in [0.2, 0.25) is 0 Å². The van der Waals surface area contributed by atoms with Crippen molar-refractivity contribution in [2.24, 2.45) is 16.5 Å². The van der Waals surface area contributed by atoms with E-state index in [1.807, 2.05) is 43.5 Å². The largest absolute Gasteiger partial charge is 0.370 e. The van der Waals surface area contributed by atoms with E-state index < -0.39 is 0 Å². The number of aryl methyl sites for hydroxylation is 1. The molecular formula is C24H39N7O. The van der Waals surface area contributed by atoms with Crippen LogP contribution in [0, 0.1) is 6.92 Å². The number of nitrogens with zero attached hydrogens (tertiary/aromatic N) is 3. The summed E-state index contributed by atoms with van der Waals surface area (Å²) in [6, 6.07) is 9.81. The van der Waals surface area contributed by atoms with Gasteiger partial charge in [-0.15, -0.1) is 0 Å². The summed E-state index contributed by atoms with van der Waals surface area (Å²) in [7, 11) is 0. The van der Waals surface area contributed by atoms with E-state index in [2.05, 4.69) is 48.0 Å². The van der Waals surface area contributed by atoms with Crippen LogP contribution in [-0.4, -0.2) is 33.6 Å². The summed E-state index contributed by atoms with van der Waals surface area (Å²) in [5.41, 5.74) is 13.8. The van der Waals surface area contributed by atoms with Gasteiger partial charge < -0.3 is 21.8 Å². The molecule has 8 heteroatoms. The molecule has 0 amide bonds. The van der Waals surface area contributed by atoms with Gasteiger partial charge in [0.05, 0.1) is 5.69 Å². The number of hydrogen-bond acceptors (Lipinski definition) is 4. The van der Waals surface area contributed by atoms with Gasteiger partial charge in [-0.05, 0) is 43.7 Å². The summed E-state index contributed by atoms with van der Waals surface area (Å²) in [6.45, 7) is 12.6. The molecule has 6 N–H and O–H groups in total. The second-order valence-corrected chi connectivity index (χ2v) is 7.57. The van der Waals surface area contributed by atoms with Crippen molar-refractivity contribution in [2.45, 2.75) is 60.4 Å². The van der Waals surface area contributed by atoms with Gasteiger partial charge in [0.15, 0.2) is 5.96 Å². The maximum Gasteiger partial charge on any atom is 0.354 e. The monoisotopic (exact) mass is 441 g/mol. The van der Waals surface area contributed by atoms with E-state index in [0.29, 0.717) is 12.2 Å². The molecule has 0 aliphatic carbocycles. The molecule has 32 heavy (non-hydrogen) atoms. The number of aliphatic imine (C=N–C) groups is 1. The van der Waals surface area contributed by atoms with Crippen LogP contribution in [0.15, 0.2) is 46.3 Å². The van der Waals surface area contributed by atoms with Crippen molar-refractivity contribution in [3.63, 3.8) is 0 Å². The zero-order chi connectivity index (χ0) is 23.9. The van der Waals surface area contributed by atoms with E-state index in [-0.39, 0.29) is 11.6 Å². The zero-order valence-electron chi connectivity index (χ0n) is 20.1. The third-order valence-corrected chi connectivity index (χ3v) is 3.99. The van der Waals surface area contributed by atoms with E-state index >= 15 is 0 Å². The number of rotatable bonds is 7. The van der Waals surface area contributed by atoms with Crippen molar-refractivity contribution < 1.29 is 0 Å². The standard InChI is InChI=1S/C18H23N7O.2C3H8/c1-12-9-14-11-25(18(26)24-16(14)23-12)15-5-3-13(4-6-15)10-21-7-2-8-22-17(19)20;2*1-3-2/h3-6,9,11,21H,2,7-8,10H2,1H3,(H4,19,20,22)(H,23,24,26);2*3H2,1-2H3. The highest BCUT2D eigenvalue weighted by Gasteiger charge is 2.06. The van der Waals surface area contributed by atoms with Gasteiger partial charge in [-0.2, -0.15) is 4.98 Å². The van der Waals surface area contributed by atoms with Gasteiger partial charge in [-0.1, -0.05) is 52.7 Å². The first-order valence-electron chi connectivity index (χ1n) is 11.3. The number of aromatic amines is 1. The van der Waals surface area contributed by atoms with Crippen LogP contribution in [-0.2, 0) is 6.54 Å². The van der Waals surface area contributed by atoms with Crippen molar-refractivity contribution in [1.29, 1.82) is 0 Å². The highest BCUT2D eigenvalue weighted by Crippen LogP contribution is 2.13. The van der Waals surface area contributed by atoms with Gasteiger partial charge in [0, 0.05) is 30.4 Å². The predicted molar refractivity (Wildman–Crippen MR) is 135 cm³/mol. The summed E-state index contributed by atoms with van der Waals surface area (Å²) >= 11 is 0. The van der Waals surface area contributed by atoms with Crippen molar-refractivity contribution in [1.82, 2.24) is 19.9 Å². The molecule has 8 nitrogen and oxygen atoms in total. The van der Waals surface area contributed by atoms with Crippen LogP contribution >= 0.6 is 0 Å². The number of fused-ring (bicyclic) bond motifs is 1. The minimum absolute atomic E-state index is 0.123. The fourth-order valence-corrected chi connectivity index (χ4v) is 2.74. The highest BCUT2D eigenvalue weighted by molar-refractivity contribution is 5.76. The molecule has 0 aliphatic heterocycles. The third-order valence-electron chi connectivity index (χ3n) is 3.99. The first kappa shape index (κ1) is 26.9. The smallest absolute Gasteiger partial charge is 0.354 e. The number of aromatic nitrogens is 3. The molecule has 0 unspecified atom stereocenters. The first-order valence-corrected chi connectivity index (χ1v) is 11.3. The maximum atomic E-state index is 12.2. The summed E-state index contributed by atoms with van der Waals surface area (Å²) in [5.74, 6) is 0.123.